The van der Waals surface area contributed by atoms with Gasteiger partial charge in [0.25, 0.3) is 5.82 Å². The van der Waals surface area contributed by atoms with E-state index < -0.39 is 12.2 Å². The minimum Gasteiger partial charge on any atom is -0.457 e. The summed E-state index contributed by atoms with van der Waals surface area (Å²) in [6.45, 7) is 6.63. The number of fused-ring (bicyclic) bond motifs is 1. The molecular formula is C32H42N3O3+. The van der Waals surface area contributed by atoms with Crippen molar-refractivity contribution < 1.29 is 19.2 Å². The van der Waals surface area contributed by atoms with Gasteiger partial charge in [-0.05, 0) is 92.7 Å². The number of rotatable bonds is 8. The Labute approximate surface area is 226 Å². The maximum absolute atomic E-state index is 13.5. The Morgan fingerprint density at radius 1 is 1.00 bits per heavy atom. The quantitative estimate of drug-likeness (QED) is 0.306. The fourth-order valence-corrected chi connectivity index (χ4v) is 6.70. The summed E-state index contributed by atoms with van der Waals surface area (Å²) < 4.78 is 9.91. The number of aliphatic hydroxyl groups excluding tert-OH is 1. The van der Waals surface area contributed by atoms with Crippen molar-refractivity contribution in [1.82, 2.24) is 4.57 Å². The maximum Gasteiger partial charge on any atom is 0.381 e. The molecular weight excluding hydrogens is 474 g/mol. The van der Waals surface area contributed by atoms with Gasteiger partial charge in [-0.15, -0.1) is 0 Å². The van der Waals surface area contributed by atoms with Gasteiger partial charge in [-0.25, -0.2) is 9.36 Å². The van der Waals surface area contributed by atoms with Gasteiger partial charge in [-0.1, -0.05) is 39.3 Å². The standard InChI is InChI=1S/C32H42N3O3/c1-20(2)26-18-9-21(3)19-29(26)38-32(37)31(36)35-28-8-6-5-7-27(28)33(4)30(35)22-10-12-23(13-11-22)34(24-14-15-24)25-16-17-25/h5-8,10-13,20-21,24-26,29,31,36H,9,14-19H2,1-4H3/q+1/t21-,26+,29-,31-/m1/s1. The Balaban J connectivity index is 1.33. The molecule has 1 N–H and O–H groups in total. The number of ether oxygens (including phenoxy) is 1. The first-order valence-electron chi connectivity index (χ1n) is 14.6. The summed E-state index contributed by atoms with van der Waals surface area (Å²) in [7, 11) is 2.00. The molecule has 1 aromatic heterocycles. The maximum atomic E-state index is 13.5. The Bertz CT molecular complexity index is 1290. The lowest BCUT2D eigenvalue weighted by Crippen LogP contribution is -2.38. The summed E-state index contributed by atoms with van der Waals surface area (Å²) in [5, 5.41) is 11.5. The third-order valence-electron chi connectivity index (χ3n) is 9.04. The number of esters is 1. The first kappa shape index (κ1) is 25.4. The van der Waals surface area contributed by atoms with Crippen molar-refractivity contribution >= 4 is 22.7 Å². The second-order valence-electron chi connectivity index (χ2n) is 12.3. The number of carbonyl (C=O) groups excluding carboxylic acids is 1. The molecule has 2 aromatic carbocycles. The largest absolute Gasteiger partial charge is 0.457 e. The highest BCUT2D eigenvalue weighted by atomic mass is 16.6. The highest BCUT2D eigenvalue weighted by Gasteiger charge is 2.41. The molecule has 0 bridgehead atoms. The number of carbonyl (C=O) groups is 1. The molecule has 6 heteroatoms. The second-order valence-corrected chi connectivity index (χ2v) is 12.3. The van der Waals surface area contributed by atoms with E-state index in [2.05, 4.69) is 54.5 Å². The summed E-state index contributed by atoms with van der Waals surface area (Å²) >= 11 is 0. The van der Waals surface area contributed by atoms with Crippen LogP contribution in [-0.4, -0.2) is 33.8 Å². The van der Waals surface area contributed by atoms with Crippen molar-refractivity contribution in [3.05, 3.63) is 48.5 Å². The number of anilines is 1. The molecule has 0 unspecified atom stereocenters. The molecule has 0 aliphatic heterocycles. The van der Waals surface area contributed by atoms with E-state index >= 15 is 0 Å². The van der Waals surface area contributed by atoms with E-state index in [9.17, 15) is 9.90 Å². The molecule has 3 fully saturated rings. The molecule has 6 rings (SSSR count). The van der Waals surface area contributed by atoms with Crippen LogP contribution in [0.5, 0.6) is 0 Å². The number of nitrogens with zero attached hydrogens (tertiary/aromatic N) is 3. The van der Waals surface area contributed by atoms with Crippen LogP contribution in [-0.2, 0) is 16.6 Å². The van der Waals surface area contributed by atoms with Crippen LogP contribution in [0.15, 0.2) is 48.5 Å². The molecule has 0 radical (unpaired) electrons. The molecule has 0 spiro atoms. The lowest BCUT2D eigenvalue weighted by Gasteiger charge is -2.36. The summed E-state index contributed by atoms with van der Waals surface area (Å²) in [4.78, 5) is 16.1. The minimum atomic E-state index is -1.42. The fraction of sp³-hybridized carbons (Fsp3) is 0.562. The molecule has 3 aliphatic rings. The SMILES string of the molecule is CC(C)[C@@H]1CC[C@@H](C)C[C@H]1OC(=O)[C@@H](O)n1c(-c2ccc(N(C3CC3)C3CC3)cc2)[n+](C)c2ccccc21. The minimum absolute atomic E-state index is 0.157. The van der Waals surface area contributed by atoms with Crippen LogP contribution >= 0.6 is 0 Å². The van der Waals surface area contributed by atoms with Crippen LogP contribution in [0.1, 0.15) is 71.9 Å². The van der Waals surface area contributed by atoms with Crippen molar-refractivity contribution in [3.8, 4) is 11.4 Å². The Kier molecular flexibility index (Phi) is 6.71. The summed E-state index contributed by atoms with van der Waals surface area (Å²) in [6.07, 6.45) is 6.64. The summed E-state index contributed by atoms with van der Waals surface area (Å²) in [5.74, 6) is 1.51. The predicted octanol–water partition coefficient (Wildman–Crippen LogP) is 5.76. The smallest absolute Gasteiger partial charge is 0.381 e. The van der Waals surface area contributed by atoms with Crippen molar-refractivity contribution in [2.75, 3.05) is 4.90 Å². The number of aryl methyl sites for hydroxylation is 1. The lowest BCUT2D eigenvalue weighted by atomic mass is 9.75. The number of hydrogen-bond acceptors (Lipinski definition) is 4. The molecule has 38 heavy (non-hydrogen) atoms. The van der Waals surface area contributed by atoms with Crippen LogP contribution in [0.3, 0.4) is 0 Å². The number of aromatic nitrogens is 2. The highest BCUT2D eigenvalue weighted by molar-refractivity contribution is 5.81. The normalized spacial score (nSPS) is 24.5. The number of imidazole rings is 1. The fourth-order valence-electron chi connectivity index (χ4n) is 6.70. The number of benzene rings is 2. The van der Waals surface area contributed by atoms with Gasteiger partial charge in [0.05, 0.1) is 12.6 Å². The molecule has 202 valence electrons. The van der Waals surface area contributed by atoms with Crippen LogP contribution in [0.2, 0.25) is 0 Å². The number of hydrogen-bond donors (Lipinski definition) is 1. The number of para-hydroxylation sites is 2. The number of aliphatic hydroxyl groups is 1. The van der Waals surface area contributed by atoms with E-state index in [0.29, 0.717) is 29.8 Å². The van der Waals surface area contributed by atoms with E-state index in [1.807, 2.05) is 31.3 Å². The second kappa shape index (κ2) is 10.0. The molecule has 4 atom stereocenters. The van der Waals surface area contributed by atoms with Gasteiger partial charge in [0.1, 0.15) is 6.10 Å². The van der Waals surface area contributed by atoms with Gasteiger partial charge in [0.15, 0.2) is 11.0 Å². The lowest BCUT2D eigenvalue weighted by molar-refractivity contribution is -0.634. The van der Waals surface area contributed by atoms with Gasteiger partial charge in [0, 0.05) is 17.8 Å². The molecule has 0 amide bonds. The van der Waals surface area contributed by atoms with E-state index in [-0.39, 0.29) is 6.10 Å². The zero-order valence-corrected chi connectivity index (χ0v) is 23.2. The Morgan fingerprint density at radius 3 is 2.29 bits per heavy atom. The highest BCUT2D eigenvalue weighted by Crippen LogP contribution is 2.41. The molecule has 3 aliphatic carbocycles. The van der Waals surface area contributed by atoms with Gasteiger partial charge < -0.3 is 14.7 Å². The van der Waals surface area contributed by atoms with Gasteiger partial charge >= 0.3 is 12.2 Å². The van der Waals surface area contributed by atoms with Crippen LogP contribution in [0.25, 0.3) is 22.4 Å². The van der Waals surface area contributed by atoms with Crippen molar-refractivity contribution in [1.29, 1.82) is 0 Å². The average Bonchev–Trinajstić information content (AvgIpc) is 3.84. The Morgan fingerprint density at radius 2 is 1.66 bits per heavy atom. The van der Waals surface area contributed by atoms with E-state index in [0.717, 1.165) is 41.7 Å². The Hall–Kier alpha value is -2.86. The van der Waals surface area contributed by atoms with E-state index in [1.54, 1.807) is 4.57 Å². The van der Waals surface area contributed by atoms with E-state index in [1.165, 1.54) is 31.4 Å². The predicted molar refractivity (Wildman–Crippen MR) is 150 cm³/mol. The monoisotopic (exact) mass is 516 g/mol. The van der Waals surface area contributed by atoms with Crippen LogP contribution in [0.4, 0.5) is 5.69 Å². The van der Waals surface area contributed by atoms with Crippen molar-refractivity contribution in [2.24, 2.45) is 24.8 Å². The van der Waals surface area contributed by atoms with Gasteiger partial charge in [-0.3, -0.25) is 0 Å². The third-order valence-corrected chi connectivity index (χ3v) is 9.04. The first-order chi connectivity index (χ1) is 18.3. The van der Waals surface area contributed by atoms with Crippen LogP contribution < -0.4 is 9.47 Å². The zero-order chi connectivity index (χ0) is 26.6. The summed E-state index contributed by atoms with van der Waals surface area (Å²) in [5.41, 5.74) is 4.02. The first-order valence-corrected chi connectivity index (χ1v) is 14.6. The zero-order valence-electron chi connectivity index (χ0n) is 23.2. The van der Waals surface area contributed by atoms with E-state index in [4.69, 9.17) is 4.74 Å². The van der Waals surface area contributed by atoms with Gasteiger partial charge in [-0.2, -0.15) is 4.57 Å². The van der Waals surface area contributed by atoms with Crippen molar-refractivity contribution in [3.63, 3.8) is 0 Å². The van der Waals surface area contributed by atoms with Gasteiger partial charge in [0.2, 0.25) is 0 Å². The van der Waals surface area contributed by atoms with Crippen molar-refractivity contribution in [2.45, 2.75) is 90.1 Å². The average molecular weight is 517 g/mol. The molecule has 3 saturated carbocycles. The third kappa shape index (κ3) is 4.72. The molecule has 1 heterocycles. The molecule has 3 aromatic rings. The summed E-state index contributed by atoms with van der Waals surface area (Å²) in [6, 6.07) is 18.0. The molecule has 0 saturated heterocycles. The topological polar surface area (TPSA) is 58.6 Å². The van der Waals surface area contributed by atoms with Crippen LogP contribution in [0, 0.1) is 17.8 Å². The molecule has 6 nitrogen and oxygen atoms in total.